The van der Waals surface area contributed by atoms with Crippen molar-refractivity contribution < 1.29 is 14.3 Å². The van der Waals surface area contributed by atoms with Crippen molar-refractivity contribution in [2.24, 2.45) is 0 Å². The molecule has 166 valence electrons. The molecule has 9 heteroatoms. The topological polar surface area (TPSA) is 92.7 Å². The second kappa shape index (κ2) is 9.51. The van der Waals surface area contributed by atoms with Gasteiger partial charge in [-0.2, -0.15) is 4.98 Å². The molecule has 0 aliphatic carbocycles. The Morgan fingerprint density at radius 2 is 1.75 bits per heavy atom. The molecule has 1 aliphatic rings. The van der Waals surface area contributed by atoms with Crippen LogP contribution >= 0.6 is 0 Å². The number of pyridine rings is 1. The summed E-state index contributed by atoms with van der Waals surface area (Å²) < 4.78 is 10.4. The van der Waals surface area contributed by atoms with Gasteiger partial charge in [0.25, 0.3) is 5.91 Å². The predicted octanol–water partition coefficient (Wildman–Crippen LogP) is 2.90. The molecule has 0 saturated carbocycles. The molecule has 1 aliphatic heterocycles. The Morgan fingerprint density at radius 1 is 1.00 bits per heavy atom. The van der Waals surface area contributed by atoms with Crippen LogP contribution in [-0.4, -0.2) is 66.2 Å². The highest BCUT2D eigenvalue weighted by Crippen LogP contribution is 2.22. The maximum atomic E-state index is 12.9. The van der Waals surface area contributed by atoms with Crippen molar-refractivity contribution in [1.29, 1.82) is 0 Å². The zero-order chi connectivity index (χ0) is 22.5. The molecule has 0 radical (unpaired) electrons. The van der Waals surface area contributed by atoms with Crippen molar-refractivity contribution in [1.82, 2.24) is 19.9 Å². The minimum absolute atomic E-state index is 0.0818. The third-order valence-electron chi connectivity index (χ3n) is 5.25. The summed E-state index contributed by atoms with van der Waals surface area (Å²) in [4.78, 5) is 30.2. The molecule has 4 rings (SSSR count). The lowest BCUT2D eigenvalue weighted by Gasteiger charge is -2.35. The minimum atomic E-state index is -0.0818. The Bertz CT molecular complexity index is 1080. The van der Waals surface area contributed by atoms with Crippen molar-refractivity contribution >= 4 is 23.4 Å². The van der Waals surface area contributed by atoms with E-state index in [9.17, 15) is 4.79 Å². The fourth-order valence-electron chi connectivity index (χ4n) is 3.58. The van der Waals surface area contributed by atoms with E-state index in [1.54, 1.807) is 25.4 Å². The number of carbonyl (C=O) groups is 1. The number of ether oxygens (including phenoxy) is 2. The number of aromatic nitrogens is 3. The number of hydrogen-bond donors (Lipinski definition) is 1. The molecule has 0 atom stereocenters. The first-order chi connectivity index (χ1) is 15.6. The van der Waals surface area contributed by atoms with Gasteiger partial charge in [-0.15, -0.1) is 0 Å². The summed E-state index contributed by atoms with van der Waals surface area (Å²) in [5, 5.41) is 3.32. The predicted molar refractivity (Wildman–Crippen MR) is 122 cm³/mol. The first-order valence-corrected chi connectivity index (χ1v) is 10.4. The molecule has 1 N–H and O–H groups in total. The molecule has 3 aromatic rings. The van der Waals surface area contributed by atoms with Crippen molar-refractivity contribution in [3.05, 3.63) is 59.9 Å². The third kappa shape index (κ3) is 4.72. The van der Waals surface area contributed by atoms with Gasteiger partial charge in [-0.3, -0.25) is 4.79 Å². The van der Waals surface area contributed by atoms with E-state index in [4.69, 9.17) is 9.47 Å². The number of nitrogens with one attached hydrogen (secondary N) is 1. The first kappa shape index (κ1) is 21.4. The number of amides is 1. The van der Waals surface area contributed by atoms with E-state index in [2.05, 4.69) is 25.2 Å². The van der Waals surface area contributed by atoms with Crippen LogP contribution in [0.25, 0.3) is 0 Å². The summed E-state index contributed by atoms with van der Waals surface area (Å²) >= 11 is 0. The van der Waals surface area contributed by atoms with Crippen LogP contribution in [0.5, 0.6) is 11.6 Å². The average Bonchev–Trinajstić information content (AvgIpc) is 2.84. The molecule has 2 aromatic heterocycles. The van der Waals surface area contributed by atoms with Crippen LogP contribution in [0.4, 0.5) is 17.5 Å². The summed E-state index contributed by atoms with van der Waals surface area (Å²) in [6.45, 7) is 4.35. The van der Waals surface area contributed by atoms with Crippen LogP contribution < -0.4 is 19.7 Å². The Kier molecular flexibility index (Phi) is 6.34. The van der Waals surface area contributed by atoms with Crippen molar-refractivity contribution in [2.75, 3.05) is 50.6 Å². The molecule has 1 aromatic carbocycles. The third-order valence-corrected chi connectivity index (χ3v) is 5.25. The van der Waals surface area contributed by atoms with E-state index >= 15 is 0 Å². The van der Waals surface area contributed by atoms with Crippen LogP contribution in [-0.2, 0) is 0 Å². The van der Waals surface area contributed by atoms with Gasteiger partial charge in [-0.05, 0) is 43.3 Å². The van der Waals surface area contributed by atoms with Crippen LogP contribution in [0.3, 0.4) is 0 Å². The first-order valence-electron chi connectivity index (χ1n) is 10.4. The number of anilines is 3. The quantitative estimate of drug-likeness (QED) is 0.633. The number of piperazine rings is 1. The lowest BCUT2D eigenvalue weighted by atomic mass is 10.2. The maximum absolute atomic E-state index is 12.9. The molecule has 32 heavy (non-hydrogen) atoms. The molecular formula is C23H26N6O3. The van der Waals surface area contributed by atoms with Gasteiger partial charge in [-0.25, -0.2) is 9.97 Å². The van der Waals surface area contributed by atoms with Gasteiger partial charge in [0, 0.05) is 49.8 Å². The lowest BCUT2D eigenvalue weighted by Crippen LogP contribution is -2.49. The Balaban J connectivity index is 1.43. The van der Waals surface area contributed by atoms with Crippen molar-refractivity contribution in [3.63, 3.8) is 0 Å². The number of hydrogen-bond acceptors (Lipinski definition) is 8. The van der Waals surface area contributed by atoms with E-state index in [-0.39, 0.29) is 5.91 Å². The van der Waals surface area contributed by atoms with Crippen molar-refractivity contribution in [3.8, 4) is 11.6 Å². The normalized spacial score (nSPS) is 13.6. The largest absolute Gasteiger partial charge is 0.497 e. The van der Waals surface area contributed by atoms with Crippen molar-refractivity contribution in [2.45, 2.75) is 6.92 Å². The Morgan fingerprint density at radius 3 is 2.44 bits per heavy atom. The average molecular weight is 435 g/mol. The molecule has 0 bridgehead atoms. The standard InChI is InChI=1S/C23H26N6O3/c1-16-15-20(26-17-6-8-18(31-2)9-7-17)27-23(25-16)29-13-11-28(12-14-29)22(30)19-5-4-10-24-21(19)32-3/h4-10,15H,11-14H2,1-3H3,(H,25,26,27). The molecule has 3 heterocycles. The van der Waals surface area contributed by atoms with E-state index in [0.29, 0.717) is 43.6 Å². The van der Waals surface area contributed by atoms with Gasteiger partial charge in [0.2, 0.25) is 11.8 Å². The summed E-state index contributed by atoms with van der Waals surface area (Å²) in [6, 6.07) is 13.0. The van der Waals surface area contributed by atoms with E-state index < -0.39 is 0 Å². The minimum Gasteiger partial charge on any atom is -0.497 e. The highest BCUT2D eigenvalue weighted by atomic mass is 16.5. The van der Waals surface area contributed by atoms with Crippen LogP contribution in [0.15, 0.2) is 48.7 Å². The molecule has 1 fully saturated rings. The molecular weight excluding hydrogens is 408 g/mol. The smallest absolute Gasteiger partial charge is 0.259 e. The number of rotatable bonds is 6. The molecule has 0 spiro atoms. The van der Waals surface area contributed by atoms with Gasteiger partial charge in [0.1, 0.15) is 17.1 Å². The Hall–Kier alpha value is -3.88. The second-order valence-electron chi connectivity index (χ2n) is 7.39. The van der Waals surface area contributed by atoms with Crippen LogP contribution in [0, 0.1) is 6.92 Å². The van der Waals surface area contributed by atoms with E-state index in [1.165, 1.54) is 7.11 Å². The van der Waals surface area contributed by atoms with Gasteiger partial charge in [0.05, 0.1) is 14.2 Å². The summed E-state index contributed by atoms with van der Waals surface area (Å²) in [7, 11) is 3.16. The Labute approximate surface area is 187 Å². The number of carbonyl (C=O) groups excluding carboxylic acids is 1. The molecule has 1 amide bonds. The van der Waals surface area contributed by atoms with Gasteiger partial charge < -0.3 is 24.6 Å². The van der Waals surface area contributed by atoms with Crippen LogP contribution in [0.1, 0.15) is 16.1 Å². The van der Waals surface area contributed by atoms with Gasteiger partial charge in [0.15, 0.2) is 0 Å². The number of aryl methyl sites for hydroxylation is 1. The number of methoxy groups -OCH3 is 2. The van der Waals surface area contributed by atoms with Gasteiger partial charge >= 0.3 is 0 Å². The van der Waals surface area contributed by atoms with Gasteiger partial charge in [-0.1, -0.05) is 0 Å². The highest BCUT2D eigenvalue weighted by molar-refractivity contribution is 5.96. The SMILES string of the molecule is COc1ccc(Nc2cc(C)nc(N3CCN(C(=O)c4cccnc4OC)CC3)n2)cc1. The number of benzene rings is 1. The van der Waals surface area contributed by atoms with E-state index in [0.717, 1.165) is 22.9 Å². The van der Waals surface area contributed by atoms with E-state index in [1.807, 2.05) is 42.2 Å². The molecule has 1 saturated heterocycles. The second-order valence-corrected chi connectivity index (χ2v) is 7.39. The summed E-state index contributed by atoms with van der Waals surface area (Å²) in [5.41, 5.74) is 2.25. The fraction of sp³-hybridized carbons (Fsp3) is 0.304. The fourth-order valence-corrected chi connectivity index (χ4v) is 3.58. The maximum Gasteiger partial charge on any atom is 0.259 e. The zero-order valence-corrected chi connectivity index (χ0v) is 18.4. The highest BCUT2D eigenvalue weighted by Gasteiger charge is 2.26. The zero-order valence-electron chi connectivity index (χ0n) is 18.4. The number of nitrogens with zero attached hydrogens (tertiary/aromatic N) is 5. The molecule has 0 unspecified atom stereocenters. The summed E-state index contributed by atoms with van der Waals surface area (Å²) in [6.07, 6.45) is 1.61. The monoisotopic (exact) mass is 434 g/mol. The lowest BCUT2D eigenvalue weighted by molar-refractivity contribution is 0.0742. The van der Waals surface area contributed by atoms with Crippen LogP contribution in [0.2, 0.25) is 0 Å². The molecule has 9 nitrogen and oxygen atoms in total. The summed E-state index contributed by atoms with van der Waals surface area (Å²) in [5.74, 6) is 2.42.